The van der Waals surface area contributed by atoms with Gasteiger partial charge in [-0.2, -0.15) is 5.26 Å². The van der Waals surface area contributed by atoms with Crippen molar-refractivity contribution in [1.82, 2.24) is 0 Å². The lowest BCUT2D eigenvalue weighted by atomic mass is 10.1. The van der Waals surface area contributed by atoms with E-state index in [9.17, 15) is 19.2 Å². The molecule has 1 aliphatic heterocycles. The van der Waals surface area contributed by atoms with Gasteiger partial charge in [-0.3, -0.25) is 9.69 Å². The minimum Gasteiger partial charge on any atom is -0.462 e. The van der Waals surface area contributed by atoms with Gasteiger partial charge in [0.1, 0.15) is 16.9 Å². The third kappa shape index (κ3) is 4.07. The highest BCUT2D eigenvalue weighted by Gasteiger charge is 2.41. The van der Waals surface area contributed by atoms with Gasteiger partial charge in [-0.15, -0.1) is 0 Å². The van der Waals surface area contributed by atoms with Gasteiger partial charge in [0, 0.05) is 5.69 Å². The highest BCUT2D eigenvalue weighted by atomic mass is 32.2. The van der Waals surface area contributed by atoms with Crippen LogP contribution in [0.1, 0.15) is 12.5 Å². The maximum absolute atomic E-state index is 13.2. The van der Waals surface area contributed by atoms with Gasteiger partial charge in [0.15, 0.2) is 5.57 Å². The number of hydrogen-bond donors (Lipinski definition) is 0. The first-order valence-corrected chi connectivity index (χ1v) is 9.54. The van der Waals surface area contributed by atoms with E-state index in [1.165, 1.54) is 17.0 Å². The van der Waals surface area contributed by atoms with E-state index in [1.54, 1.807) is 43.3 Å². The molecular formula is C21H17FN2O3S. The molecule has 0 N–H and O–H groups in total. The fourth-order valence-corrected chi connectivity index (χ4v) is 4.12. The fourth-order valence-electron chi connectivity index (χ4n) is 2.82. The second kappa shape index (κ2) is 8.72. The Bertz CT molecular complexity index is 952. The van der Waals surface area contributed by atoms with Crippen LogP contribution in [-0.4, -0.2) is 23.7 Å². The van der Waals surface area contributed by atoms with Crippen molar-refractivity contribution in [2.45, 2.75) is 18.6 Å². The highest BCUT2D eigenvalue weighted by molar-refractivity contribution is 8.05. The SMILES string of the molecule is CCOC(=O)/C(C#N)=C1/S[C@@H](Cc2ccc(F)cc2)C(=O)N1c1ccccc1. The Kier molecular flexibility index (Phi) is 6.12. The van der Waals surface area contributed by atoms with Crippen molar-refractivity contribution in [3.05, 3.63) is 76.6 Å². The van der Waals surface area contributed by atoms with Gasteiger partial charge < -0.3 is 4.74 Å². The van der Waals surface area contributed by atoms with Gasteiger partial charge in [0.25, 0.3) is 0 Å². The number of thioether (sulfide) groups is 1. The van der Waals surface area contributed by atoms with Gasteiger partial charge >= 0.3 is 5.97 Å². The van der Waals surface area contributed by atoms with E-state index in [0.717, 1.165) is 17.3 Å². The number of rotatable bonds is 5. The van der Waals surface area contributed by atoms with Crippen molar-refractivity contribution >= 4 is 29.3 Å². The van der Waals surface area contributed by atoms with Gasteiger partial charge in [0.05, 0.1) is 11.9 Å². The molecule has 2 aromatic carbocycles. The summed E-state index contributed by atoms with van der Waals surface area (Å²) >= 11 is 1.15. The summed E-state index contributed by atoms with van der Waals surface area (Å²) in [5.74, 6) is -1.36. The Hall–Kier alpha value is -3.11. The van der Waals surface area contributed by atoms with Gasteiger partial charge in [-0.05, 0) is 43.2 Å². The van der Waals surface area contributed by atoms with Crippen LogP contribution < -0.4 is 4.90 Å². The van der Waals surface area contributed by atoms with Crippen molar-refractivity contribution in [3.8, 4) is 6.07 Å². The molecule has 0 bridgehead atoms. The largest absolute Gasteiger partial charge is 0.462 e. The smallest absolute Gasteiger partial charge is 0.351 e. The van der Waals surface area contributed by atoms with Crippen LogP contribution in [0.4, 0.5) is 10.1 Å². The minimum absolute atomic E-state index is 0.125. The van der Waals surface area contributed by atoms with Crippen LogP contribution in [0.15, 0.2) is 65.2 Å². The molecule has 1 saturated heterocycles. The molecule has 7 heteroatoms. The Balaban J connectivity index is 2.01. The molecule has 1 atom stereocenters. The van der Waals surface area contributed by atoms with Crippen molar-refractivity contribution < 1.29 is 18.7 Å². The first-order valence-electron chi connectivity index (χ1n) is 8.66. The van der Waals surface area contributed by atoms with Crippen LogP contribution in [0.5, 0.6) is 0 Å². The molecule has 28 heavy (non-hydrogen) atoms. The predicted molar refractivity (Wildman–Crippen MR) is 105 cm³/mol. The van der Waals surface area contributed by atoms with E-state index in [2.05, 4.69) is 0 Å². The van der Waals surface area contributed by atoms with Gasteiger partial charge in [-0.1, -0.05) is 42.1 Å². The number of ether oxygens (including phenoxy) is 1. The lowest BCUT2D eigenvalue weighted by Gasteiger charge is -2.18. The van der Waals surface area contributed by atoms with Crippen LogP contribution in [0.25, 0.3) is 0 Å². The molecule has 5 nitrogen and oxygen atoms in total. The number of carbonyl (C=O) groups is 2. The Morgan fingerprint density at radius 2 is 1.89 bits per heavy atom. The normalized spacial score (nSPS) is 18.0. The second-order valence-electron chi connectivity index (χ2n) is 5.96. The third-order valence-electron chi connectivity index (χ3n) is 4.11. The van der Waals surface area contributed by atoms with Gasteiger partial charge in [-0.25, -0.2) is 9.18 Å². The molecule has 0 aromatic heterocycles. The summed E-state index contributed by atoms with van der Waals surface area (Å²) in [6.07, 6.45) is 0.345. The molecular weight excluding hydrogens is 379 g/mol. The zero-order valence-corrected chi connectivity index (χ0v) is 15.9. The number of esters is 1. The highest BCUT2D eigenvalue weighted by Crippen LogP contribution is 2.41. The molecule has 3 rings (SSSR count). The zero-order chi connectivity index (χ0) is 20.1. The van der Waals surface area contributed by atoms with Crippen LogP contribution in [-0.2, 0) is 20.7 Å². The van der Waals surface area contributed by atoms with Crippen LogP contribution in [0.3, 0.4) is 0 Å². The first kappa shape index (κ1) is 19.6. The molecule has 1 aliphatic rings. The number of nitrogens with zero attached hydrogens (tertiary/aromatic N) is 2. The number of carbonyl (C=O) groups excluding carboxylic acids is 2. The molecule has 0 unspecified atom stereocenters. The first-order chi connectivity index (χ1) is 13.5. The molecule has 0 aliphatic carbocycles. The van der Waals surface area contributed by atoms with Crippen LogP contribution >= 0.6 is 11.8 Å². The summed E-state index contributed by atoms with van der Waals surface area (Å²) in [4.78, 5) is 26.8. The minimum atomic E-state index is -0.760. The molecule has 1 amide bonds. The maximum Gasteiger partial charge on any atom is 0.351 e. The van der Waals surface area contributed by atoms with E-state index >= 15 is 0 Å². The number of hydrogen-bond acceptors (Lipinski definition) is 5. The van der Waals surface area contributed by atoms with Crippen LogP contribution in [0.2, 0.25) is 0 Å². The Labute approximate surface area is 166 Å². The molecule has 142 valence electrons. The van der Waals surface area contributed by atoms with Crippen molar-refractivity contribution in [2.24, 2.45) is 0 Å². The summed E-state index contributed by atoms with van der Waals surface area (Å²) in [6, 6.07) is 16.6. The molecule has 0 radical (unpaired) electrons. The Morgan fingerprint density at radius 3 is 2.50 bits per heavy atom. The van der Waals surface area contributed by atoms with Crippen LogP contribution in [0, 0.1) is 17.1 Å². The summed E-state index contributed by atoms with van der Waals surface area (Å²) in [6.45, 7) is 1.77. The third-order valence-corrected chi connectivity index (χ3v) is 5.37. The van der Waals surface area contributed by atoms with E-state index in [1.807, 2.05) is 12.1 Å². The van der Waals surface area contributed by atoms with E-state index < -0.39 is 11.2 Å². The zero-order valence-electron chi connectivity index (χ0n) is 15.1. The van der Waals surface area contributed by atoms with Gasteiger partial charge in [0.2, 0.25) is 5.91 Å². The molecule has 1 heterocycles. The van der Waals surface area contributed by atoms with Crippen molar-refractivity contribution in [2.75, 3.05) is 11.5 Å². The number of para-hydroxylation sites is 1. The molecule has 1 fully saturated rings. The van der Waals surface area contributed by atoms with E-state index in [4.69, 9.17) is 4.74 Å². The molecule has 0 spiro atoms. The van der Waals surface area contributed by atoms with E-state index in [0.29, 0.717) is 12.1 Å². The summed E-state index contributed by atoms with van der Waals surface area (Å²) in [7, 11) is 0. The number of benzene rings is 2. The summed E-state index contributed by atoms with van der Waals surface area (Å²) < 4.78 is 18.1. The molecule has 2 aromatic rings. The molecule has 0 saturated carbocycles. The quantitative estimate of drug-likeness (QED) is 0.437. The number of nitriles is 1. The second-order valence-corrected chi connectivity index (χ2v) is 7.15. The Morgan fingerprint density at radius 1 is 1.21 bits per heavy atom. The number of anilines is 1. The van der Waals surface area contributed by atoms with Crippen molar-refractivity contribution in [1.29, 1.82) is 5.26 Å². The summed E-state index contributed by atoms with van der Waals surface area (Å²) in [5, 5.41) is 9.25. The number of halogens is 1. The topological polar surface area (TPSA) is 70.4 Å². The lowest BCUT2D eigenvalue weighted by molar-refractivity contribution is -0.138. The van der Waals surface area contributed by atoms with E-state index in [-0.39, 0.29) is 28.9 Å². The monoisotopic (exact) mass is 396 g/mol. The van der Waals surface area contributed by atoms with Crippen molar-refractivity contribution in [3.63, 3.8) is 0 Å². The average Bonchev–Trinajstić information content (AvgIpc) is 3.01. The standard InChI is InChI=1S/C21H17FN2O3S/c1-2-27-21(26)17(13-23)20-24(16-6-4-3-5-7-16)19(25)18(28-20)12-14-8-10-15(22)11-9-14/h3-11,18H,2,12H2,1H3/b20-17+/t18-/m0/s1. The number of amides is 1. The lowest BCUT2D eigenvalue weighted by Crippen LogP contribution is -2.30. The fraction of sp³-hybridized carbons (Fsp3) is 0.190. The predicted octanol–water partition coefficient (Wildman–Crippen LogP) is 3.82. The summed E-state index contributed by atoms with van der Waals surface area (Å²) in [5.41, 5.74) is 1.15. The average molecular weight is 396 g/mol. The maximum atomic E-state index is 13.2.